The lowest BCUT2D eigenvalue weighted by atomic mass is 9.98. The fraction of sp³-hybridized carbons (Fsp3) is 0.438. The van der Waals surface area contributed by atoms with E-state index in [4.69, 9.17) is 10.6 Å². The maximum Gasteiger partial charge on any atom is 0.119 e. The summed E-state index contributed by atoms with van der Waals surface area (Å²) in [4.78, 5) is 0. The Hall–Kier alpha value is -1.85. The zero-order chi connectivity index (χ0) is 15.4. The quantitative estimate of drug-likeness (QED) is 0.627. The van der Waals surface area contributed by atoms with Gasteiger partial charge in [0, 0.05) is 18.8 Å². The van der Waals surface area contributed by atoms with E-state index in [1.807, 2.05) is 36.9 Å². The van der Waals surface area contributed by atoms with Crippen molar-refractivity contribution in [2.24, 2.45) is 12.9 Å². The van der Waals surface area contributed by atoms with Gasteiger partial charge in [-0.25, -0.2) is 0 Å². The summed E-state index contributed by atoms with van der Waals surface area (Å²) < 4.78 is 7.19. The van der Waals surface area contributed by atoms with Crippen LogP contribution in [0.15, 0.2) is 24.3 Å². The van der Waals surface area contributed by atoms with E-state index in [2.05, 4.69) is 23.5 Å². The summed E-state index contributed by atoms with van der Waals surface area (Å²) >= 11 is 0. The predicted octanol–water partition coefficient (Wildman–Crippen LogP) is 1.66. The number of aryl methyl sites for hydroxylation is 2. The highest BCUT2D eigenvalue weighted by Crippen LogP contribution is 2.18. The number of ether oxygens (including phenoxy) is 1. The van der Waals surface area contributed by atoms with Crippen LogP contribution in [0.4, 0.5) is 0 Å². The van der Waals surface area contributed by atoms with Crippen LogP contribution in [0, 0.1) is 13.8 Å². The lowest BCUT2D eigenvalue weighted by molar-refractivity contribution is 0.413. The molecule has 21 heavy (non-hydrogen) atoms. The van der Waals surface area contributed by atoms with Crippen LogP contribution in [0.3, 0.4) is 0 Å². The molecule has 114 valence electrons. The SMILES string of the molecule is COc1cccc(CC(Cc2c(C)nn(C)c2C)NN)c1. The van der Waals surface area contributed by atoms with Gasteiger partial charge >= 0.3 is 0 Å². The molecule has 3 N–H and O–H groups in total. The molecule has 0 aliphatic carbocycles. The second kappa shape index (κ2) is 6.74. The fourth-order valence-corrected chi connectivity index (χ4v) is 2.63. The van der Waals surface area contributed by atoms with Crippen molar-refractivity contribution >= 4 is 0 Å². The van der Waals surface area contributed by atoms with Crippen molar-refractivity contribution in [1.82, 2.24) is 15.2 Å². The predicted molar refractivity (Wildman–Crippen MR) is 84.2 cm³/mol. The van der Waals surface area contributed by atoms with Gasteiger partial charge in [-0.05, 0) is 49.9 Å². The Kier molecular flexibility index (Phi) is 4.98. The molecule has 5 nitrogen and oxygen atoms in total. The number of methoxy groups -OCH3 is 1. The van der Waals surface area contributed by atoms with E-state index in [0.717, 1.165) is 24.3 Å². The average Bonchev–Trinajstić information content (AvgIpc) is 2.73. The smallest absolute Gasteiger partial charge is 0.119 e. The van der Waals surface area contributed by atoms with E-state index in [1.165, 1.54) is 16.8 Å². The van der Waals surface area contributed by atoms with Crippen molar-refractivity contribution in [3.05, 3.63) is 46.8 Å². The van der Waals surface area contributed by atoms with Crippen molar-refractivity contribution in [2.45, 2.75) is 32.7 Å². The number of nitrogens with zero attached hydrogens (tertiary/aromatic N) is 2. The van der Waals surface area contributed by atoms with E-state index in [1.54, 1.807) is 7.11 Å². The Morgan fingerprint density at radius 2 is 2.10 bits per heavy atom. The number of rotatable bonds is 6. The first-order valence-electron chi connectivity index (χ1n) is 7.13. The molecule has 0 saturated carbocycles. The van der Waals surface area contributed by atoms with E-state index < -0.39 is 0 Å². The molecule has 2 aromatic rings. The summed E-state index contributed by atoms with van der Waals surface area (Å²) in [5, 5.41) is 4.46. The second-order valence-electron chi connectivity index (χ2n) is 5.40. The Bertz CT molecular complexity index is 606. The summed E-state index contributed by atoms with van der Waals surface area (Å²) in [7, 11) is 3.65. The van der Waals surface area contributed by atoms with Crippen molar-refractivity contribution in [1.29, 1.82) is 0 Å². The van der Waals surface area contributed by atoms with Crippen LogP contribution in [-0.4, -0.2) is 22.9 Å². The third-order valence-corrected chi connectivity index (χ3v) is 3.96. The topological polar surface area (TPSA) is 65.1 Å². The number of nitrogens with one attached hydrogen (secondary N) is 1. The lowest BCUT2D eigenvalue weighted by Gasteiger charge is -2.17. The van der Waals surface area contributed by atoms with Gasteiger partial charge in [-0.2, -0.15) is 5.10 Å². The monoisotopic (exact) mass is 288 g/mol. The normalized spacial score (nSPS) is 12.4. The van der Waals surface area contributed by atoms with Gasteiger partial charge in [0.15, 0.2) is 0 Å². The van der Waals surface area contributed by atoms with Crippen molar-refractivity contribution < 1.29 is 4.74 Å². The molecule has 0 amide bonds. The molecule has 0 radical (unpaired) electrons. The Morgan fingerprint density at radius 3 is 2.67 bits per heavy atom. The number of nitrogens with two attached hydrogens (primary N) is 1. The first-order valence-corrected chi connectivity index (χ1v) is 7.13. The average molecular weight is 288 g/mol. The summed E-state index contributed by atoms with van der Waals surface area (Å²) in [6, 6.07) is 8.26. The maximum absolute atomic E-state index is 5.74. The molecule has 2 rings (SSSR count). The number of hydrogen-bond donors (Lipinski definition) is 2. The Balaban J connectivity index is 2.13. The third-order valence-electron chi connectivity index (χ3n) is 3.96. The molecular formula is C16H24N4O. The molecule has 0 aliphatic heterocycles. The molecule has 0 saturated heterocycles. The van der Waals surface area contributed by atoms with Gasteiger partial charge in [0.2, 0.25) is 0 Å². The highest BCUT2D eigenvalue weighted by atomic mass is 16.5. The molecule has 1 aromatic heterocycles. The number of hydrazine groups is 1. The Morgan fingerprint density at radius 1 is 1.33 bits per heavy atom. The van der Waals surface area contributed by atoms with E-state index in [9.17, 15) is 0 Å². The minimum absolute atomic E-state index is 0.165. The molecule has 0 spiro atoms. The van der Waals surface area contributed by atoms with Gasteiger partial charge < -0.3 is 4.74 Å². The molecule has 1 aromatic carbocycles. The summed E-state index contributed by atoms with van der Waals surface area (Å²) in [6.45, 7) is 4.13. The number of hydrogen-bond acceptors (Lipinski definition) is 4. The zero-order valence-electron chi connectivity index (χ0n) is 13.2. The zero-order valence-corrected chi connectivity index (χ0v) is 13.2. The lowest BCUT2D eigenvalue weighted by Crippen LogP contribution is -2.38. The van der Waals surface area contributed by atoms with Crippen LogP contribution in [0.25, 0.3) is 0 Å². The Labute approximate surface area is 126 Å². The highest BCUT2D eigenvalue weighted by Gasteiger charge is 2.15. The molecule has 5 heteroatoms. The van der Waals surface area contributed by atoms with Gasteiger partial charge in [-0.15, -0.1) is 0 Å². The van der Waals surface area contributed by atoms with Crippen molar-refractivity contribution in [3.63, 3.8) is 0 Å². The van der Waals surface area contributed by atoms with Crippen molar-refractivity contribution in [2.75, 3.05) is 7.11 Å². The standard InChI is InChI=1S/C16H24N4O/c1-11-16(12(2)20(3)19-11)10-14(18-17)8-13-6-5-7-15(9-13)21-4/h5-7,9,14,18H,8,10,17H2,1-4H3. The van der Waals surface area contributed by atoms with E-state index in [0.29, 0.717) is 0 Å². The molecule has 1 heterocycles. The van der Waals surface area contributed by atoms with Crippen LogP contribution < -0.4 is 16.0 Å². The van der Waals surface area contributed by atoms with Gasteiger partial charge in [0.25, 0.3) is 0 Å². The number of benzene rings is 1. The molecular weight excluding hydrogens is 264 g/mol. The van der Waals surface area contributed by atoms with Gasteiger partial charge in [0.05, 0.1) is 12.8 Å². The largest absolute Gasteiger partial charge is 0.497 e. The summed E-state index contributed by atoms with van der Waals surface area (Å²) in [6.07, 6.45) is 1.71. The van der Waals surface area contributed by atoms with Crippen LogP contribution in [0.5, 0.6) is 5.75 Å². The fourth-order valence-electron chi connectivity index (χ4n) is 2.63. The van der Waals surface area contributed by atoms with Crippen LogP contribution in [0.1, 0.15) is 22.5 Å². The van der Waals surface area contributed by atoms with Crippen LogP contribution in [0.2, 0.25) is 0 Å². The molecule has 0 fully saturated rings. The molecule has 0 bridgehead atoms. The minimum Gasteiger partial charge on any atom is -0.497 e. The van der Waals surface area contributed by atoms with Crippen LogP contribution in [-0.2, 0) is 19.9 Å². The molecule has 0 aliphatic rings. The van der Waals surface area contributed by atoms with Gasteiger partial charge in [0.1, 0.15) is 5.75 Å². The van der Waals surface area contributed by atoms with E-state index >= 15 is 0 Å². The summed E-state index contributed by atoms with van der Waals surface area (Å²) in [5.41, 5.74) is 7.66. The number of aromatic nitrogens is 2. The first-order chi connectivity index (χ1) is 10.0. The third kappa shape index (κ3) is 3.62. The van der Waals surface area contributed by atoms with Crippen LogP contribution >= 0.6 is 0 Å². The minimum atomic E-state index is 0.165. The van der Waals surface area contributed by atoms with Gasteiger partial charge in [-0.1, -0.05) is 12.1 Å². The second-order valence-corrected chi connectivity index (χ2v) is 5.40. The van der Waals surface area contributed by atoms with Crippen molar-refractivity contribution in [3.8, 4) is 5.75 Å². The molecule has 1 atom stereocenters. The molecule has 1 unspecified atom stereocenters. The summed E-state index contributed by atoms with van der Waals surface area (Å²) in [5.74, 6) is 6.61. The first kappa shape index (κ1) is 15.5. The van der Waals surface area contributed by atoms with Gasteiger partial charge in [-0.3, -0.25) is 16.0 Å². The maximum atomic E-state index is 5.74. The highest BCUT2D eigenvalue weighted by molar-refractivity contribution is 5.30. The van der Waals surface area contributed by atoms with E-state index in [-0.39, 0.29) is 6.04 Å².